The van der Waals surface area contributed by atoms with E-state index >= 15 is 0 Å². The van der Waals surface area contributed by atoms with Crippen LogP contribution in [-0.2, 0) is 10.0 Å². The van der Waals surface area contributed by atoms with Crippen LogP contribution in [0.5, 0.6) is 11.6 Å². The number of nitrogens with one attached hydrogen (secondary N) is 2. The van der Waals surface area contributed by atoms with E-state index in [-0.39, 0.29) is 10.1 Å². The van der Waals surface area contributed by atoms with Crippen LogP contribution in [0.2, 0.25) is 0 Å². The molecule has 0 aliphatic carbocycles. The van der Waals surface area contributed by atoms with Crippen molar-refractivity contribution < 1.29 is 17.9 Å². The first-order chi connectivity index (χ1) is 13.4. The molecule has 10 heteroatoms. The van der Waals surface area contributed by atoms with Crippen LogP contribution in [0.25, 0.3) is 0 Å². The van der Waals surface area contributed by atoms with E-state index in [9.17, 15) is 13.2 Å². The number of carbonyl (C=O) groups excluding carboxylic acids is 1. The number of amides is 1. The Labute approximate surface area is 175 Å². The Kier molecular flexibility index (Phi) is 6.32. The molecule has 0 aliphatic heterocycles. The number of aromatic nitrogens is 1. The smallest absolute Gasteiger partial charge is 0.271 e. The fraction of sp³-hybridized carbons (Fsp3) is 0.111. The van der Waals surface area contributed by atoms with Crippen molar-refractivity contribution in [3.05, 3.63) is 64.1 Å². The van der Waals surface area contributed by atoms with Gasteiger partial charge in [-0.1, -0.05) is 0 Å². The number of rotatable bonds is 7. The molecule has 2 N–H and O–H groups in total. The van der Waals surface area contributed by atoms with Crippen LogP contribution in [0.4, 0.5) is 5.69 Å². The molecule has 0 aliphatic rings. The van der Waals surface area contributed by atoms with Crippen molar-refractivity contribution in [3.8, 4) is 11.6 Å². The second-order valence-electron chi connectivity index (χ2n) is 5.54. The summed E-state index contributed by atoms with van der Waals surface area (Å²) in [5.74, 6) is 0.612. The van der Waals surface area contributed by atoms with E-state index in [2.05, 4.69) is 31.0 Å². The molecule has 0 saturated heterocycles. The average molecular weight is 482 g/mol. The van der Waals surface area contributed by atoms with Gasteiger partial charge < -0.3 is 10.1 Å². The van der Waals surface area contributed by atoms with Gasteiger partial charge in [-0.25, -0.2) is 13.4 Å². The second kappa shape index (κ2) is 8.72. The molecule has 0 fully saturated rings. The maximum atomic E-state index is 12.3. The lowest BCUT2D eigenvalue weighted by molar-refractivity contribution is 0.0955. The molecule has 0 bridgehead atoms. The Morgan fingerprint density at radius 2 is 1.89 bits per heavy atom. The molecular formula is C18H16BrN3O4S2. The molecular weight excluding hydrogens is 466 g/mol. The number of benzene rings is 1. The first-order valence-electron chi connectivity index (χ1n) is 8.18. The van der Waals surface area contributed by atoms with Gasteiger partial charge in [0.05, 0.1) is 9.35 Å². The summed E-state index contributed by atoms with van der Waals surface area (Å²) in [4.78, 5) is 15.8. The molecule has 1 aromatic carbocycles. The number of pyridine rings is 1. The molecule has 7 nitrogen and oxygen atoms in total. The molecule has 3 rings (SSSR count). The monoisotopic (exact) mass is 481 g/mol. The number of nitrogens with zero attached hydrogens (tertiary/aromatic N) is 1. The van der Waals surface area contributed by atoms with Gasteiger partial charge >= 0.3 is 0 Å². The van der Waals surface area contributed by atoms with E-state index in [0.29, 0.717) is 29.4 Å². The third-order valence-corrected chi connectivity index (χ3v) is 6.97. The topological polar surface area (TPSA) is 97.4 Å². The molecule has 0 radical (unpaired) electrons. The number of sulfonamides is 1. The highest BCUT2D eigenvalue weighted by Gasteiger charge is 2.16. The van der Waals surface area contributed by atoms with Gasteiger partial charge in [-0.2, -0.15) is 0 Å². The normalized spacial score (nSPS) is 11.1. The maximum Gasteiger partial charge on any atom is 0.271 e. The van der Waals surface area contributed by atoms with Crippen LogP contribution in [0.1, 0.15) is 17.3 Å². The lowest BCUT2D eigenvalue weighted by atomic mass is 10.2. The minimum atomic E-state index is -3.63. The molecule has 146 valence electrons. The number of ether oxygens (including phenoxy) is 1. The minimum Gasteiger partial charge on any atom is -0.439 e. The standard InChI is InChI=1S/C18H16BrN3O4S2/c1-2-20-18(23)12-3-9-16(21-11-12)26-14-6-4-13(5-7-14)22-28(24,25)17-10-8-15(19)27-17/h3-11,22H,2H2,1H3,(H,20,23). The van der Waals surface area contributed by atoms with E-state index < -0.39 is 10.0 Å². The highest BCUT2D eigenvalue weighted by molar-refractivity contribution is 9.11. The van der Waals surface area contributed by atoms with Crippen molar-refractivity contribution in [1.29, 1.82) is 0 Å². The summed E-state index contributed by atoms with van der Waals surface area (Å²) < 4.78 is 33.8. The fourth-order valence-corrected chi connectivity index (χ4v) is 5.27. The van der Waals surface area contributed by atoms with Crippen molar-refractivity contribution in [2.45, 2.75) is 11.1 Å². The first-order valence-corrected chi connectivity index (χ1v) is 11.3. The molecule has 0 saturated carbocycles. The molecule has 2 aromatic heterocycles. The van der Waals surface area contributed by atoms with Gasteiger partial charge in [-0.15, -0.1) is 11.3 Å². The van der Waals surface area contributed by atoms with Crippen LogP contribution >= 0.6 is 27.3 Å². The molecule has 0 spiro atoms. The largest absolute Gasteiger partial charge is 0.439 e. The predicted octanol–water partition coefficient (Wildman–Crippen LogP) is 4.25. The fourth-order valence-electron chi connectivity index (χ4n) is 2.20. The van der Waals surface area contributed by atoms with Gasteiger partial charge in [0.2, 0.25) is 5.88 Å². The first kappa shape index (κ1) is 20.3. The number of anilines is 1. The number of thiophene rings is 1. The van der Waals surface area contributed by atoms with Gasteiger partial charge in [0.15, 0.2) is 0 Å². The quantitative estimate of drug-likeness (QED) is 0.525. The van der Waals surface area contributed by atoms with E-state index in [1.54, 1.807) is 42.5 Å². The van der Waals surface area contributed by atoms with Crippen molar-refractivity contribution >= 4 is 48.9 Å². The van der Waals surface area contributed by atoms with Crippen LogP contribution in [0.15, 0.2) is 62.7 Å². The van der Waals surface area contributed by atoms with Crippen LogP contribution < -0.4 is 14.8 Å². The van der Waals surface area contributed by atoms with Crippen molar-refractivity contribution in [2.24, 2.45) is 0 Å². The molecule has 3 aromatic rings. The summed E-state index contributed by atoms with van der Waals surface area (Å²) in [5.41, 5.74) is 0.857. The Balaban J connectivity index is 1.65. The van der Waals surface area contributed by atoms with Gasteiger partial charge in [0, 0.05) is 24.5 Å². The Hall–Kier alpha value is -2.43. The highest BCUT2D eigenvalue weighted by atomic mass is 79.9. The predicted molar refractivity (Wildman–Crippen MR) is 112 cm³/mol. The lowest BCUT2D eigenvalue weighted by Crippen LogP contribution is -2.22. The minimum absolute atomic E-state index is 0.198. The lowest BCUT2D eigenvalue weighted by Gasteiger charge is -2.08. The highest BCUT2D eigenvalue weighted by Crippen LogP contribution is 2.28. The summed E-state index contributed by atoms with van der Waals surface area (Å²) in [7, 11) is -3.63. The van der Waals surface area contributed by atoms with E-state index in [1.807, 2.05) is 6.92 Å². The SMILES string of the molecule is CCNC(=O)c1ccc(Oc2ccc(NS(=O)(=O)c3ccc(Br)s3)cc2)nc1. The van der Waals surface area contributed by atoms with Gasteiger partial charge in [-0.05, 0) is 65.3 Å². The van der Waals surface area contributed by atoms with E-state index in [0.717, 1.165) is 15.1 Å². The number of halogens is 1. The zero-order valence-corrected chi connectivity index (χ0v) is 17.9. The van der Waals surface area contributed by atoms with Crippen molar-refractivity contribution in [2.75, 3.05) is 11.3 Å². The summed E-state index contributed by atoms with van der Waals surface area (Å²) >= 11 is 4.38. The summed E-state index contributed by atoms with van der Waals surface area (Å²) in [6.07, 6.45) is 1.43. The van der Waals surface area contributed by atoms with Gasteiger partial charge in [-0.3, -0.25) is 9.52 Å². The third-order valence-electron chi connectivity index (χ3n) is 3.48. The zero-order chi connectivity index (χ0) is 20.1. The van der Waals surface area contributed by atoms with E-state index in [4.69, 9.17) is 4.74 Å². The van der Waals surface area contributed by atoms with Crippen LogP contribution in [0.3, 0.4) is 0 Å². The Morgan fingerprint density at radius 1 is 1.14 bits per heavy atom. The molecule has 0 unspecified atom stereocenters. The van der Waals surface area contributed by atoms with Gasteiger partial charge in [0.1, 0.15) is 9.96 Å². The molecule has 2 heterocycles. The third kappa shape index (κ3) is 5.09. The molecule has 28 heavy (non-hydrogen) atoms. The zero-order valence-electron chi connectivity index (χ0n) is 14.7. The molecule has 1 amide bonds. The number of hydrogen-bond donors (Lipinski definition) is 2. The van der Waals surface area contributed by atoms with Gasteiger partial charge in [0.25, 0.3) is 15.9 Å². The van der Waals surface area contributed by atoms with E-state index in [1.165, 1.54) is 12.3 Å². The summed E-state index contributed by atoms with van der Waals surface area (Å²) in [5, 5.41) is 2.69. The Bertz CT molecular complexity index is 1060. The summed E-state index contributed by atoms with van der Waals surface area (Å²) in [6.45, 7) is 2.38. The maximum absolute atomic E-state index is 12.3. The molecule has 0 atom stereocenters. The number of hydrogen-bond acceptors (Lipinski definition) is 6. The van der Waals surface area contributed by atoms with Crippen molar-refractivity contribution in [3.63, 3.8) is 0 Å². The Morgan fingerprint density at radius 3 is 2.46 bits per heavy atom. The summed E-state index contributed by atoms with van der Waals surface area (Å²) in [6, 6.07) is 12.9. The second-order valence-corrected chi connectivity index (χ2v) is 9.91. The van der Waals surface area contributed by atoms with Crippen LogP contribution in [0, 0.1) is 0 Å². The number of carbonyl (C=O) groups is 1. The van der Waals surface area contributed by atoms with Crippen molar-refractivity contribution in [1.82, 2.24) is 10.3 Å². The average Bonchev–Trinajstić information content (AvgIpc) is 3.11. The van der Waals surface area contributed by atoms with Crippen LogP contribution in [-0.4, -0.2) is 25.9 Å².